The summed E-state index contributed by atoms with van der Waals surface area (Å²) in [4.78, 5) is 19.5. The Morgan fingerprint density at radius 3 is 1.18 bits per heavy atom. The summed E-state index contributed by atoms with van der Waals surface area (Å²) in [5, 5.41) is 32.5. The van der Waals surface area contributed by atoms with Gasteiger partial charge in [0, 0.05) is 0 Å². The molecule has 0 bridgehead atoms. The van der Waals surface area contributed by atoms with Gasteiger partial charge in [-0.15, -0.1) is 0 Å². The predicted molar refractivity (Wildman–Crippen MR) is 35.8 cm³/mol. The van der Waals surface area contributed by atoms with Crippen molar-refractivity contribution in [1.29, 1.82) is 0 Å². The normalized spacial score (nSPS) is 14.4. The Kier molecular flexibility index (Phi) is 7.63. The van der Waals surface area contributed by atoms with Crippen LogP contribution in [-0.2, 0) is 9.59 Å². The maximum atomic E-state index is 9.77. The van der Waals surface area contributed by atoms with Gasteiger partial charge in [-0.25, -0.2) is 9.59 Å². The summed E-state index contributed by atoms with van der Waals surface area (Å²) in [5.74, 6) is -3.54. The van der Waals surface area contributed by atoms with Crippen LogP contribution in [-0.4, -0.2) is 93.5 Å². The van der Waals surface area contributed by atoms with E-state index in [0.717, 1.165) is 0 Å². The molecule has 0 saturated heterocycles. The number of aliphatic hydroxyl groups is 2. The quantitative estimate of drug-likeness (QED) is 0.411. The molecule has 0 spiro atoms. The fourth-order valence-electron chi connectivity index (χ4n) is 0.270. The van der Waals surface area contributed by atoms with E-state index in [2.05, 4.69) is 0 Å². The van der Waals surface area contributed by atoms with Gasteiger partial charge in [-0.2, -0.15) is 0 Å². The Labute approximate surface area is 102 Å². The minimum atomic E-state index is -2.27. The molecule has 0 aromatic carbocycles. The molecule has 6 nitrogen and oxygen atoms in total. The van der Waals surface area contributed by atoms with Crippen molar-refractivity contribution < 1.29 is 30.0 Å². The Balaban J connectivity index is 0. The third kappa shape index (κ3) is 4.80. The van der Waals surface area contributed by atoms with Crippen LogP contribution in [0.3, 0.4) is 0 Å². The molecule has 11 heavy (non-hydrogen) atoms. The van der Waals surface area contributed by atoms with Gasteiger partial charge in [0.05, 0.1) is 0 Å². The standard InChI is InChI=1S/C4H6O6.Ba.2H/c5-1(3(7)8)2(6)4(9)10;;;/h1-2,5-6H,(H,7,8)(H,9,10);;;. The van der Waals surface area contributed by atoms with Gasteiger partial charge >= 0.3 is 60.8 Å². The van der Waals surface area contributed by atoms with Crippen LogP contribution in [0.5, 0.6) is 0 Å². The summed E-state index contributed by atoms with van der Waals surface area (Å²) in [6.45, 7) is 0. The molecule has 0 heterocycles. The Morgan fingerprint density at radius 2 is 1.09 bits per heavy atom. The maximum absolute atomic E-state index is 9.77. The second kappa shape index (κ2) is 6.00. The zero-order valence-electron chi connectivity index (χ0n) is 4.76. The Morgan fingerprint density at radius 1 is 0.909 bits per heavy atom. The summed E-state index contributed by atoms with van der Waals surface area (Å²) in [5.41, 5.74) is 0. The van der Waals surface area contributed by atoms with Gasteiger partial charge in [-0.3, -0.25) is 0 Å². The average molecular weight is 289 g/mol. The third-order valence-corrected chi connectivity index (χ3v) is 0.805. The molecule has 4 N–H and O–H groups in total. The van der Waals surface area contributed by atoms with Crippen LogP contribution in [0.1, 0.15) is 0 Å². The second-order valence-electron chi connectivity index (χ2n) is 1.57. The van der Waals surface area contributed by atoms with Crippen molar-refractivity contribution >= 4 is 60.8 Å². The molecule has 0 aliphatic rings. The fourth-order valence-corrected chi connectivity index (χ4v) is 0.270. The van der Waals surface area contributed by atoms with E-state index in [-0.39, 0.29) is 48.9 Å². The van der Waals surface area contributed by atoms with Crippen molar-refractivity contribution in [2.24, 2.45) is 0 Å². The van der Waals surface area contributed by atoms with Crippen LogP contribution in [0, 0.1) is 0 Å². The molecule has 0 fully saturated rings. The van der Waals surface area contributed by atoms with Crippen molar-refractivity contribution in [3.05, 3.63) is 0 Å². The van der Waals surface area contributed by atoms with Crippen LogP contribution in [0.25, 0.3) is 0 Å². The van der Waals surface area contributed by atoms with Crippen LogP contribution in [0.4, 0.5) is 0 Å². The Bertz CT molecular complexity index is 139. The van der Waals surface area contributed by atoms with Crippen molar-refractivity contribution in [3.63, 3.8) is 0 Å². The van der Waals surface area contributed by atoms with E-state index in [9.17, 15) is 9.59 Å². The summed E-state index contributed by atoms with van der Waals surface area (Å²) in [7, 11) is 0. The first kappa shape index (κ1) is 14.0. The number of carbonyl (C=O) groups is 2. The molecule has 0 aliphatic heterocycles. The fraction of sp³-hybridized carbons (Fsp3) is 0.500. The van der Waals surface area contributed by atoms with Crippen molar-refractivity contribution in [3.8, 4) is 0 Å². The van der Waals surface area contributed by atoms with Gasteiger partial charge < -0.3 is 20.4 Å². The molecule has 0 amide bonds. The number of rotatable bonds is 3. The molecule has 2 unspecified atom stereocenters. The van der Waals surface area contributed by atoms with E-state index in [1.165, 1.54) is 0 Å². The molecule has 7 heteroatoms. The van der Waals surface area contributed by atoms with Gasteiger partial charge in [0.25, 0.3) is 0 Å². The molecular weight excluding hydrogens is 281 g/mol. The van der Waals surface area contributed by atoms with Gasteiger partial charge in [-0.1, -0.05) is 0 Å². The van der Waals surface area contributed by atoms with E-state index >= 15 is 0 Å². The molecule has 0 radical (unpaired) electrons. The Hall–Kier alpha value is 0.431. The minimum absolute atomic E-state index is 0. The number of aliphatic hydroxyl groups excluding tert-OH is 2. The average Bonchev–Trinajstić information content (AvgIpc) is 1.84. The molecule has 2 atom stereocenters. The molecule has 0 saturated carbocycles. The van der Waals surface area contributed by atoms with Crippen LogP contribution >= 0.6 is 0 Å². The number of carboxylic acids is 2. The monoisotopic (exact) mass is 290 g/mol. The topological polar surface area (TPSA) is 115 Å². The van der Waals surface area contributed by atoms with Gasteiger partial charge in [-0.05, 0) is 0 Å². The van der Waals surface area contributed by atoms with Gasteiger partial charge in [0.15, 0.2) is 12.2 Å². The second-order valence-corrected chi connectivity index (χ2v) is 1.57. The first-order chi connectivity index (χ1) is 4.46. The van der Waals surface area contributed by atoms with Gasteiger partial charge in [0.2, 0.25) is 0 Å². The van der Waals surface area contributed by atoms with E-state index in [1.54, 1.807) is 0 Å². The summed E-state index contributed by atoms with van der Waals surface area (Å²) >= 11 is 0. The van der Waals surface area contributed by atoms with E-state index in [1.807, 2.05) is 0 Å². The molecule has 0 rings (SSSR count). The molecule has 0 aliphatic carbocycles. The van der Waals surface area contributed by atoms with Crippen LogP contribution in [0.15, 0.2) is 0 Å². The van der Waals surface area contributed by atoms with E-state index < -0.39 is 24.1 Å². The summed E-state index contributed by atoms with van der Waals surface area (Å²) in [6, 6.07) is 0. The number of hydrogen-bond acceptors (Lipinski definition) is 4. The zero-order chi connectivity index (χ0) is 8.31. The van der Waals surface area contributed by atoms with Crippen LogP contribution in [0.2, 0.25) is 0 Å². The third-order valence-electron chi connectivity index (χ3n) is 0.805. The van der Waals surface area contributed by atoms with Crippen molar-refractivity contribution in [2.75, 3.05) is 0 Å². The summed E-state index contributed by atoms with van der Waals surface area (Å²) in [6.07, 6.45) is -4.53. The molecule has 0 aromatic heterocycles. The SMILES string of the molecule is O=C(O)C(O)C(O)C(=O)O.[BaH2]. The van der Waals surface area contributed by atoms with Crippen molar-refractivity contribution in [1.82, 2.24) is 0 Å². The molecule has 62 valence electrons. The predicted octanol–water partition coefficient (Wildman–Crippen LogP) is -3.04. The molecular formula is C4H8BaO6. The van der Waals surface area contributed by atoms with Crippen LogP contribution < -0.4 is 0 Å². The van der Waals surface area contributed by atoms with E-state index in [4.69, 9.17) is 20.4 Å². The first-order valence-electron chi connectivity index (χ1n) is 2.28. The zero-order valence-corrected chi connectivity index (χ0v) is 4.76. The number of hydrogen-bond donors (Lipinski definition) is 4. The van der Waals surface area contributed by atoms with Gasteiger partial charge in [0.1, 0.15) is 0 Å². The molecule has 0 aromatic rings. The number of carboxylic acid groups (broad SMARTS) is 2. The number of aliphatic carboxylic acids is 2. The van der Waals surface area contributed by atoms with Crippen molar-refractivity contribution in [2.45, 2.75) is 12.2 Å². The summed E-state index contributed by atoms with van der Waals surface area (Å²) < 4.78 is 0. The van der Waals surface area contributed by atoms with E-state index in [0.29, 0.717) is 0 Å². The first-order valence-corrected chi connectivity index (χ1v) is 2.28.